The predicted octanol–water partition coefficient (Wildman–Crippen LogP) is 0.650. The maximum atomic E-state index is 11.2. The molecule has 1 atom stereocenters. The summed E-state index contributed by atoms with van der Waals surface area (Å²) in [4.78, 5) is 11.2. The number of carbonyl (C=O) groups is 1. The van der Waals surface area contributed by atoms with Crippen LogP contribution in [0.1, 0.15) is 15.2 Å². The molecule has 1 amide bonds. The van der Waals surface area contributed by atoms with Crippen molar-refractivity contribution in [1.82, 2.24) is 5.32 Å². The van der Waals surface area contributed by atoms with Gasteiger partial charge < -0.3 is 11.1 Å². The molecule has 0 fully saturated rings. The van der Waals surface area contributed by atoms with Gasteiger partial charge in [0.25, 0.3) is 0 Å². The predicted molar refractivity (Wildman–Crippen MR) is 51.9 cm³/mol. The zero-order valence-electron chi connectivity index (χ0n) is 9.50. The summed E-state index contributed by atoms with van der Waals surface area (Å²) in [7, 11) is 0. The van der Waals surface area contributed by atoms with Gasteiger partial charge in [-0.25, -0.2) is 0 Å². The number of rotatable bonds is 3. The zero-order valence-corrected chi connectivity index (χ0v) is 7.50. The number of hydrogen-bond donors (Lipinski definition) is 2. The number of nitrogens with one attached hydrogen (secondary N) is 1. The van der Waals surface area contributed by atoms with Crippen LogP contribution in [0.15, 0.2) is 30.3 Å². The number of carbonyl (C=O) groups excluding carboxylic acids is 1. The molecular formula is C10H14N2O. The Bertz CT molecular complexity index is 366. The maximum Gasteiger partial charge on any atom is 0.236 e. The summed E-state index contributed by atoms with van der Waals surface area (Å²) < 4.78 is 15.0. The molecule has 0 radical (unpaired) electrons. The van der Waals surface area contributed by atoms with E-state index in [9.17, 15) is 4.79 Å². The Morgan fingerprint density at radius 3 is 3.23 bits per heavy atom. The van der Waals surface area contributed by atoms with Crippen molar-refractivity contribution in [3.05, 3.63) is 35.8 Å². The lowest BCUT2D eigenvalue weighted by Crippen LogP contribution is -2.37. The third-order valence-corrected chi connectivity index (χ3v) is 1.58. The molecule has 3 heteroatoms. The van der Waals surface area contributed by atoms with Crippen LogP contribution < -0.4 is 11.1 Å². The smallest absolute Gasteiger partial charge is 0.236 e. The van der Waals surface area contributed by atoms with E-state index in [-0.39, 0.29) is 24.5 Å². The van der Waals surface area contributed by atoms with E-state index in [0.717, 1.165) is 0 Å². The van der Waals surface area contributed by atoms with Crippen LogP contribution in [0.4, 0.5) is 0 Å². The van der Waals surface area contributed by atoms with Gasteiger partial charge in [-0.2, -0.15) is 0 Å². The molecule has 70 valence electrons. The summed E-state index contributed by atoms with van der Waals surface area (Å²) in [6.07, 6.45) is 0. The summed E-state index contributed by atoms with van der Waals surface area (Å²) in [5.74, 6) is -0.259. The first-order chi connectivity index (χ1) is 7.02. The second-order valence-electron chi connectivity index (χ2n) is 2.83. The van der Waals surface area contributed by atoms with Gasteiger partial charge in [0.15, 0.2) is 0 Å². The molecule has 0 aliphatic rings. The maximum absolute atomic E-state index is 11.2. The van der Waals surface area contributed by atoms with Crippen molar-refractivity contribution in [1.29, 1.82) is 0 Å². The van der Waals surface area contributed by atoms with Crippen LogP contribution in [-0.2, 0) is 11.3 Å². The summed E-state index contributed by atoms with van der Waals surface area (Å²) in [5, 5.41) is 2.60. The molecule has 3 nitrogen and oxygen atoms in total. The average Bonchev–Trinajstić information content (AvgIpc) is 2.19. The van der Waals surface area contributed by atoms with E-state index < -0.39 is 6.04 Å². The van der Waals surface area contributed by atoms with Gasteiger partial charge in [-0.1, -0.05) is 30.3 Å². The van der Waals surface area contributed by atoms with Crippen molar-refractivity contribution in [3.63, 3.8) is 0 Å². The van der Waals surface area contributed by atoms with Crippen LogP contribution in [-0.4, -0.2) is 11.9 Å². The van der Waals surface area contributed by atoms with Gasteiger partial charge in [0.1, 0.15) is 0 Å². The molecule has 0 saturated heterocycles. The van der Waals surface area contributed by atoms with Crippen molar-refractivity contribution < 1.29 is 7.54 Å². The number of amides is 1. The van der Waals surface area contributed by atoms with E-state index >= 15 is 0 Å². The normalized spacial score (nSPS) is 14.3. The van der Waals surface area contributed by atoms with Crippen LogP contribution in [0.5, 0.6) is 0 Å². The second-order valence-corrected chi connectivity index (χ2v) is 2.83. The van der Waals surface area contributed by atoms with E-state index in [0.29, 0.717) is 5.56 Å². The highest BCUT2D eigenvalue weighted by molar-refractivity contribution is 5.80. The van der Waals surface area contributed by atoms with Crippen LogP contribution in [0.2, 0.25) is 0 Å². The molecule has 3 N–H and O–H groups in total. The second kappa shape index (κ2) is 4.62. The average molecular weight is 180 g/mol. The highest BCUT2D eigenvalue weighted by Crippen LogP contribution is 1.96. The van der Waals surface area contributed by atoms with Crippen LogP contribution in [0, 0.1) is 0 Å². The van der Waals surface area contributed by atoms with Gasteiger partial charge in [0.2, 0.25) is 5.91 Å². The molecule has 0 unspecified atom stereocenters. The molecule has 0 saturated carbocycles. The monoisotopic (exact) mass is 180 g/mol. The minimum atomic E-state index is -0.557. The number of hydrogen-bond acceptors (Lipinski definition) is 2. The van der Waals surface area contributed by atoms with Crippen LogP contribution in [0.3, 0.4) is 0 Å². The highest BCUT2D eigenvalue weighted by atomic mass is 16.2. The van der Waals surface area contributed by atoms with Gasteiger partial charge in [-0.15, -0.1) is 0 Å². The molecule has 0 spiro atoms. The third-order valence-electron chi connectivity index (χ3n) is 1.58. The molecular weight excluding hydrogens is 164 g/mol. The fourth-order valence-electron chi connectivity index (χ4n) is 0.835. The van der Waals surface area contributed by atoms with Crippen molar-refractivity contribution >= 4 is 5.91 Å². The van der Waals surface area contributed by atoms with Crippen molar-refractivity contribution in [2.24, 2.45) is 5.73 Å². The van der Waals surface area contributed by atoms with Gasteiger partial charge in [0, 0.05) is 6.54 Å². The lowest BCUT2D eigenvalue weighted by molar-refractivity contribution is -0.122. The topological polar surface area (TPSA) is 55.1 Å². The molecule has 0 aliphatic carbocycles. The number of benzene rings is 1. The molecule has 0 bridgehead atoms. The minimum Gasteiger partial charge on any atom is -0.351 e. The SMILES string of the molecule is [2H]c1cccc(CNC(=O)[C@@H](C)N)c1[2H]. The summed E-state index contributed by atoms with van der Waals surface area (Å²) in [6, 6.07) is 4.68. The Kier molecular flexibility index (Phi) is 2.52. The zero-order chi connectivity index (χ0) is 11.4. The first-order valence-electron chi connectivity index (χ1n) is 5.10. The Morgan fingerprint density at radius 1 is 1.77 bits per heavy atom. The van der Waals surface area contributed by atoms with Gasteiger partial charge in [-0.05, 0) is 12.5 Å². The molecule has 13 heavy (non-hydrogen) atoms. The summed E-state index contributed by atoms with van der Waals surface area (Å²) in [5.41, 5.74) is 5.99. The van der Waals surface area contributed by atoms with Crippen molar-refractivity contribution in [3.8, 4) is 0 Å². The van der Waals surface area contributed by atoms with Gasteiger partial charge in [-0.3, -0.25) is 4.79 Å². The van der Waals surface area contributed by atoms with E-state index in [4.69, 9.17) is 8.48 Å². The first-order valence-corrected chi connectivity index (χ1v) is 4.10. The fourth-order valence-corrected chi connectivity index (χ4v) is 0.835. The van der Waals surface area contributed by atoms with Gasteiger partial charge >= 0.3 is 0 Å². The minimum absolute atomic E-state index is 0.141. The Hall–Kier alpha value is -1.35. The van der Waals surface area contributed by atoms with Crippen LogP contribution in [0.25, 0.3) is 0 Å². The molecule has 1 aromatic rings. The molecule has 0 heterocycles. The van der Waals surface area contributed by atoms with E-state index in [1.165, 1.54) is 0 Å². The summed E-state index contributed by atoms with van der Waals surface area (Å²) >= 11 is 0. The van der Waals surface area contributed by atoms with E-state index in [2.05, 4.69) is 5.32 Å². The quantitative estimate of drug-likeness (QED) is 0.717. The Labute approximate surface area is 80.8 Å². The van der Waals surface area contributed by atoms with Crippen molar-refractivity contribution in [2.75, 3.05) is 0 Å². The van der Waals surface area contributed by atoms with Crippen LogP contribution >= 0.6 is 0 Å². The largest absolute Gasteiger partial charge is 0.351 e. The summed E-state index contributed by atoms with van der Waals surface area (Å²) in [6.45, 7) is 1.84. The van der Waals surface area contributed by atoms with E-state index in [1.54, 1.807) is 25.1 Å². The van der Waals surface area contributed by atoms with Gasteiger partial charge in [0.05, 0.1) is 8.78 Å². The fraction of sp³-hybridized carbons (Fsp3) is 0.300. The highest BCUT2D eigenvalue weighted by Gasteiger charge is 2.05. The Balaban J connectivity index is 2.66. The Morgan fingerprint density at radius 2 is 2.54 bits per heavy atom. The lowest BCUT2D eigenvalue weighted by atomic mass is 10.2. The lowest BCUT2D eigenvalue weighted by Gasteiger charge is -2.06. The standard InChI is InChI=1S/C10H14N2O/c1-8(11)10(13)12-7-9-5-3-2-4-6-9/h2-6,8H,7,11H2,1H3,(H,12,13)/t8-/m1/s1/i3D,5D. The first kappa shape index (κ1) is 7.09. The van der Waals surface area contributed by atoms with Crippen molar-refractivity contribution in [2.45, 2.75) is 19.5 Å². The molecule has 0 aliphatic heterocycles. The molecule has 1 aromatic carbocycles. The number of nitrogens with two attached hydrogens (primary N) is 1. The molecule has 0 aromatic heterocycles. The molecule has 1 rings (SSSR count). The third kappa shape index (κ3) is 3.25. The van der Waals surface area contributed by atoms with E-state index in [1.807, 2.05) is 0 Å².